The predicted molar refractivity (Wildman–Crippen MR) is 58.3 cm³/mol. The molecule has 0 spiro atoms. The molecule has 4 N–H and O–H groups in total. The van der Waals surface area contributed by atoms with Gasteiger partial charge in [0.2, 0.25) is 0 Å². The second kappa shape index (κ2) is 5.29. The van der Waals surface area contributed by atoms with E-state index in [2.05, 4.69) is 5.32 Å². The molecule has 1 rings (SSSR count). The van der Waals surface area contributed by atoms with Crippen LogP contribution >= 0.6 is 0 Å². The molecule has 1 atom stereocenters. The molecule has 0 aromatic rings. The van der Waals surface area contributed by atoms with Crippen molar-refractivity contribution < 1.29 is 5.11 Å². The molecular weight excluding hydrogens is 176 g/mol. The van der Waals surface area contributed by atoms with Gasteiger partial charge in [0, 0.05) is 6.54 Å². The number of nitrogens with two attached hydrogens (primary N) is 1. The number of rotatable bonds is 3. The van der Waals surface area contributed by atoms with Crippen LogP contribution < -0.4 is 11.1 Å². The minimum absolute atomic E-state index is 0.486. The molecule has 0 amide bonds. The number of hydrogen-bond acceptors (Lipinski definition) is 3. The summed E-state index contributed by atoms with van der Waals surface area (Å²) >= 11 is 0. The first-order valence-corrected chi connectivity index (χ1v) is 4.62. The average molecular weight is 192 g/mol. The van der Waals surface area contributed by atoms with Gasteiger partial charge in [0.15, 0.2) is 0 Å². The maximum Gasteiger partial charge on any atom is 0.0767 e. The highest BCUT2D eigenvalue weighted by Gasteiger charge is 2.08. The summed E-state index contributed by atoms with van der Waals surface area (Å²) in [4.78, 5) is 0. The van der Waals surface area contributed by atoms with Gasteiger partial charge in [0.1, 0.15) is 0 Å². The Labute approximate surface area is 84.3 Å². The number of aliphatic hydroxyl groups excluding tert-OH is 1. The van der Waals surface area contributed by atoms with Gasteiger partial charge < -0.3 is 16.2 Å². The summed E-state index contributed by atoms with van der Waals surface area (Å²) in [5, 5.41) is 12.6. The van der Waals surface area contributed by atoms with Crippen LogP contribution in [0.25, 0.3) is 0 Å². The maximum absolute atomic E-state index is 9.55. The van der Waals surface area contributed by atoms with Crippen LogP contribution in [-0.4, -0.2) is 17.8 Å². The van der Waals surface area contributed by atoms with Crippen molar-refractivity contribution in [2.45, 2.75) is 13.0 Å². The van der Waals surface area contributed by atoms with Crippen molar-refractivity contribution in [1.29, 1.82) is 0 Å². The third kappa shape index (κ3) is 2.78. The van der Waals surface area contributed by atoms with Crippen LogP contribution in [0.15, 0.2) is 47.9 Å². The van der Waals surface area contributed by atoms with Crippen LogP contribution in [0.1, 0.15) is 6.92 Å². The normalized spacial score (nSPS) is 19.3. The van der Waals surface area contributed by atoms with Gasteiger partial charge in [0.05, 0.1) is 6.10 Å². The van der Waals surface area contributed by atoms with E-state index < -0.39 is 6.10 Å². The topological polar surface area (TPSA) is 58.3 Å². The summed E-state index contributed by atoms with van der Waals surface area (Å²) in [6.07, 6.45) is 10.4. The Balaban J connectivity index is 2.87. The molecular formula is C11H16N2O. The average Bonchev–Trinajstić information content (AvgIpc) is 2.19. The summed E-state index contributed by atoms with van der Waals surface area (Å²) in [6.45, 7) is 2.54. The summed E-state index contributed by atoms with van der Waals surface area (Å²) in [5.74, 6) is 0. The quantitative estimate of drug-likeness (QED) is 0.580. The highest BCUT2D eigenvalue weighted by molar-refractivity contribution is 5.44. The summed E-state index contributed by atoms with van der Waals surface area (Å²) in [6, 6.07) is 0. The molecule has 0 saturated heterocycles. The van der Waals surface area contributed by atoms with Gasteiger partial charge in [0.25, 0.3) is 0 Å². The van der Waals surface area contributed by atoms with Gasteiger partial charge in [-0.05, 0) is 42.6 Å². The fourth-order valence-corrected chi connectivity index (χ4v) is 1.30. The SMILES string of the molecule is CC(O)/C(=C\C=C/N)C1=CCNC=C1. The molecule has 14 heavy (non-hydrogen) atoms. The summed E-state index contributed by atoms with van der Waals surface area (Å²) in [5.41, 5.74) is 7.17. The highest BCUT2D eigenvalue weighted by atomic mass is 16.3. The lowest BCUT2D eigenvalue weighted by molar-refractivity contribution is 0.234. The van der Waals surface area contributed by atoms with Crippen molar-refractivity contribution in [1.82, 2.24) is 5.32 Å². The standard InChI is InChI=1S/C11H16N2O/c1-9(14)11(3-2-6-12)10-4-7-13-8-5-10/h2-7,9,13-14H,8,12H2,1H3/b6-2-,11-3+. The van der Waals surface area contributed by atoms with Crippen LogP contribution in [-0.2, 0) is 0 Å². The van der Waals surface area contributed by atoms with Crippen molar-refractivity contribution in [2.24, 2.45) is 5.73 Å². The molecule has 0 radical (unpaired) electrons. The highest BCUT2D eigenvalue weighted by Crippen LogP contribution is 2.17. The monoisotopic (exact) mass is 192 g/mol. The number of allylic oxidation sites excluding steroid dienone is 3. The molecule has 0 aromatic heterocycles. The van der Waals surface area contributed by atoms with Crippen LogP contribution in [0.4, 0.5) is 0 Å². The van der Waals surface area contributed by atoms with Crippen molar-refractivity contribution in [3.05, 3.63) is 47.9 Å². The molecule has 1 aliphatic rings. The first-order chi connectivity index (χ1) is 6.75. The smallest absolute Gasteiger partial charge is 0.0767 e. The molecule has 3 nitrogen and oxygen atoms in total. The zero-order valence-corrected chi connectivity index (χ0v) is 8.27. The van der Waals surface area contributed by atoms with E-state index in [1.165, 1.54) is 6.20 Å². The van der Waals surface area contributed by atoms with Gasteiger partial charge in [-0.3, -0.25) is 0 Å². The lowest BCUT2D eigenvalue weighted by atomic mass is 9.99. The summed E-state index contributed by atoms with van der Waals surface area (Å²) < 4.78 is 0. The van der Waals surface area contributed by atoms with Crippen molar-refractivity contribution in [3.63, 3.8) is 0 Å². The lowest BCUT2D eigenvalue weighted by Crippen LogP contribution is -2.13. The Hall–Kier alpha value is -1.48. The molecule has 1 heterocycles. The molecule has 0 fully saturated rings. The fourth-order valence-electron chi connectivity index (χ4n) is 1.30. The van der Waals surface area contributed by atoms with Gasteiger partial charge in [-0.15, -0.1) is 0 Å². The molecule has 1 unspecified atom stereocenters. The van der Waals surface area contributed by atoms with Crippen LogP contribution in [0.5, 0.6) is 0 Å². The fraction of sp³-hybridized carbons (Fsp3) is 0.273. The second-order valence-electron chi connectivity index (χ2n) is 3.08. The van der Waals surface area contributed by atoms with Crippen LogP contribution in [0, 0.1) is 0 Å². The van der Waals surface area contributed by atoms with Crippen LogP contribution in [0.3, 0.4) is 0 Å². The van der Waals surface area contributed by atoms with E-state index in [4.69, 9.17) is 5.73 Å². The first-order valence-electron chi connectivity index (χ1n) is 4.62. The molecule has 0 aromatic carbocycles. The Morgan fingerprint density at radius 3 is 3.00 bits per heavy atom. The molecule has 0 saturated carbocycles. The van der Waals surface area contributed by atoms with Gasteiger partial charge in [-0.1, -0.05) is 12.2 Å². The predicted octanol–water partition coefficient (Wildman–Crippen LogP) is 0.809. The summed E-state index contributed by atoms with van der Waals surface area (Å²) in [7, 11) is 0. The Morgan fingerprint density at radius 2 is 2.50 bits per heavy atom. The van der Waals surface area contributed by atoms with Crippen molar-refractivity contribution in [2.75, 3.05) is 6.54 Å². The van der Waals surface area contributed by atoms with E-state index in [-0.39, 0.29) is 0 Å². The van der Waals surface area contributed by atoms with E-state index in [0.29, 0.717) is 0 Å². The maximum atomic E-state index is 9.55. The Bertz CT molecular complexity index is 298. The van der Waals surface area contributed by atoms with Crippen molar-refractivity contribution in [3.8, 4) is 0 Å². The van der Waals surface area contributed by atoms with Gasteiger partial charge in [-0.25, -0.2) is 0 Å². The molecule has 1 aliphatic heterocycles. The first kappa shape index (κ1) is 10.6. The second-order valence-corrected chi connectivity index (χ2v) is 3.08. The molecule has 0 bridgehead atoms. The molecule has 0 aliphatic carbocycles. The van der Waals surface area contributed by atoms with E-state index >= 15 is 0 Å². The van der Waals surface area contributed by atoms with Crippen LogP contribution in [0.2, 0.25) is 0 Å². The zero-order chi connectivity index (χ0) is 10.4. The third-order valence-electron chi connectivity index (χ3n) is 1.99. The van der Waals surface area contributed by atoms with Gasteiger partial charge >= 0.3 is 0 Å². The minimum Gasteiger partial charge on any atom is -0.405 e. The Morgan fingerprint density at radius 1 is 1.71 bits per heavy atom. The minimum atomic E-state index is -0.486. The molecule has 76 valence electrons. The van der Waals surface area contributed by atoms with E-state index in [1.54, 1.807) is 13.0 Å². The van der Waals surface area contributed by atoms with Gasteiger partial charge in [-0.2, -0.15) is 0 Å². The molecule has 3 heteroatoms. The number of hydrogen-bond donors (Lipinski definition) is 3. The van der Waals surface area contributed by atoms with E-state index in [9.17, 15) is 5.11 Å². The van der Waals surface area contributed by atoms with E-state index in [1.807, 2.05) is 24.4 Å². The number of aliphatic hydroxyl groups is 1. The van der Waals surface area contributed by atoms with Crippen molar-refractivity contribution >= 4 is 0 Å². The van der Waals surface area contributed by atoms with E-state index in [0.717, 1.165) is 17.7 Å². The number of dihydropyridines is 1. The zero-order valence-electron chi connectivity index (χ0n) is 8.27. The largest absolute Gasteiger partial charge is 0.405 e. The Kier molecular flexibility index (Phi) is 4.01. The number of nitrogens with one attached hydrogen (secondary N) is 1. The lowest BCUT2D eigenvalue weighted by Gasteiger charge is -2.14. The third-order valence-corrected chi connectivity index (χ3v) is 1.99.